The van der Waals surface area contributed by atoms with Gasteiger partial charge in [0.25, 0.3) is 0 Å². The van der Waals surface area contributed by atoms with E-state index in [1.807, 2.05) is 20.8 Å². The Morgan fingerprint density at radius 3 is 2.05 bits per heavy atom. The minimum absolute atomic E-state index is 0. The van der Waals surface area contributed by atoms with Crippen molar-refractivity contribution in [1.82, 2.24) is 4.98 Å². The Kier molecular flexibility index (Phi) is 11.9. The quantitative estimate of drug-likeness (QED) is 0.474. The minimum Gasteiger partial charge on any atom is -0.850 e. The Morgan fingerprint density at radius 2 is 1.50 bits per heavy atom. The second-order valence-corrected chi connectivity index (χ2v) is 4.35. The Bertz CT molecular complexity index is 422. The van der Waals surface area contributed by atoms with E-state index in [2.05, 4.69) is 4.98 Å². The van der Waals surface area contributed by atoms with Crippen LogP contribution in [0.2, 0.25) is 0 Å². The second kappa shape index (κ2) is 12.5. The van der Waals surface area contributed by atoms with E-state index in [-0.39, 0.29) is 24.7 Å². The maximum Gasteiger partial charge on any atom is 1.00 e. The summed E-state index contributed by atoms with van der Waals surface area (Å²) >= 11 is 0. The van der Waals surface area contributed by atoms with Crippen LogP contribution in [0.1, 0.15) is 40.0 Å². The van der Waals surface area contributed by atoms with Crippen LogP contribution in [0.25, 0.3) is 0 Å². The number of pyridine rings is 1. The van der Waals surface area contributed by atoms with E-state index in [0.717, 1.165) is 19.3 Å². The van der Waals surface area contributed by atoms with Crippen LogP contribution >= 0.6 is 0 Å². The molecule has 0 unspecified atom stereocenters. The molecule has 0 N–H and O–H groups in total. The fraction of sp³-hybridized carbons (Fsp3) is 0.643. The summed E-state index contributed by atoms with van der Waals surface area (Å²) in [6.07, 6.45) is 4.00. The van der Waals surface area contributed by atoms with Crippen molar-refractivity contribution < 1.29 is 42.7 Å². The molecule has 0 spiro atoms. The molecular formula is C14H22BLiNO5. The molecule has 1 aromatic heterocycles. The van der Waals surface area contributed by atoms with Gasteiger partial charge >= 0.3 is 18.9 Å². The molecule has 0 bridgehead atoms. The number of ether oxygens (including phenoxy) is 3. The van der Waals surface area contributed by atoms with Gasteiger partial charge in [-0.25, -0.2) is 4.98 Å². The Balaban J connectivity index is 0.00000441. The Morgan fingerprint density at radius 1 is 0.955 bits per heavy atom. The third-order valence-electron chi connectivity index (χ3n) is 2.45. The molecular weight excluding hydrogens is 280 g/mol. The third kappa shape index (κ3) is 6.39. The van der Waals surface area contributed by atoms with E-state index in [4.69, 9.17) is 18.9 Å². The number of rotatable bonds is 11. The molecule has 0 aliphatic carbocycles. The predicted octanol–water partition coefficient (Wildman–Crippen LogP) is -1.27. The zero-order chi connectivity index (χ0) is 15.5. The second-order valence-electron chi connectivity index (χ2n) is 4.35. The fourth-order valence-corrected chi connectivity index (χ4v) is 1.56. The van der Waals surface area contributed by atoms with Crippen LogP contribution in [0.5, 0.6) is 23.1 Å². The Hall–Kier alpha value is -1.03. The summed E-state index contributed by atoms with van der Waals surface area (Å²) in [4.78, 5) is 4.06. The first-order valence-electron chi connectivity index (χ1n) is 7.30. The van der Waals surface area contributed by atoms with Crippen LogP contribution in [0.3, 0.4) is 0 Å². The molecule has 0 saturated heterocycles. The summed E-state index contributed by atoms with van der Waals surface area (Å²) in [5.74, 6) is 1.33. The molecule has 6 nitrogen and oxygen atoms in total. The molecule has 1 heterocycles. The summed E-state index contributed by atoms with van der Waals surface area (Å²) in [5.41, 5.74) is 0. The van der Waals surface area contributed by atoms with Gasteiger partial charge in [-0.15, -0.1) is 0 Å². The SMILES string of the molecule is CCCOc1cnc(O[B][O-])c(OCCC)c1OCCC.[Li+]. The van der Waals surface area contributed by atoms with Crippen molar-refractivity contribution in [3.05, 3.63) is 6.20 Å². The van der Waals surface area contributed by atoms with Crippen molar-refractivity contribution in [3.63, 3.8) is 0 Å². The van der Waals surface area contributed by atoms with Crippen molar-refractivity contribution in [2.75, 3.05) is 19.8 Å². The topological polar surface area (TPSA) is 72.9 Å². The van der Waals surface area contributed by atoms with E-state index in [9.17, 15) is 5.02 Å². The van der Waals surface area contributed by atoms with Crippen molar-refractivity contribution >= 4 is 7.69 Å². The standard InChI is InChI=1S/C14H22BNO5.Li/c1-4-7-18-11-10-16-14(21-15-17)13(20-9-6-3)12(11)19-8-5-2;/h10H,4-9H2,1-3H3;/q-1;+1. The van der Waals surface area contributed by atoms with Gasteiger partial charge in [0.2, 0.25) is 25.1 Å². The van der Waals surface area contributed by atoms with Crippen LogP contribution in [0.4, 0.5) is 0 Å². The van der Waals surface area contributed by atoms with Gasteiger partial charge < -0.3 is 23.9 Å². The summed E-state index contributed by atoms with van der Waals surface area (Å²) in [6, 6.07) is 0. The van der Waals surface area contributed by atoms with E-state index in [1.165, 1.54) is 6.20 Å². The number of hydrogen-bond acceptors (Lipinski definition) is 6. The largest absolute Gasteiger partial charge is 1.00 e. The van der Waals surface area contributed by atoms with Crippen LogP contribution in [-0.4, -0.2) is 32.5 Å². The average Bonchev–Trinajstić information content (AvgIpc) is 2.50. The van der Waals surface area contributed by atoms with Gasteiger partial charge in [0.05, 0.1) is 26.0 Å². The molecule has 117 valence electrons. The first-order chi connectivity index (χ1) is 10.3. The van der Waals surface area contributed by atoms with Crippen LogP contribution in [-0.2, 0) is 0 Å². The van der Waals surface area contributed by atoms with Crippen molar-refractivity contribution in [3.8, 4) is 23.1 Å². The molecule has 0 aliphatic rings. The molecule has 0 aromatic carbocycles. The average molecular weight is 302 g/mol. The van der Waals surface area contributed by atoms with E-state index >= 15 is 0 Å². The number of nitrogens with zero attached hydrogens (tertiary/aromatic N) is 1. The van der Waals surface area contributed by atoms with Crippen molar-refractivity contribution in [2.24, 2.45) is 0 Å². The predicted molar refractivity (Wildman–Crippen MR) is 78.0 cm³/mol. The first-order valence-corrected chi connectivity index (χ1v) is 7.30. The van der Waals surface area contributed by atoms with Crippen LogP contribution < -0.4 is 42.7 Å². The maximum absolute atomic E-state index is 10.6. The molecule has 0 fully saturated rings. The molecule has 0 atom stereocenters. The van der Waals surface area contributed by atoms with Gasteiger partial charge in [-0.1, -0.05) is 20.8 Å². The van der Waals surface area contributed by atoms with Crippen molar-refractivity contribution in [1.29, 1.82) is 0 Å². The van der Waals surface area contributed by atoms with Gasteiger partial charge in [0.15, 0.2) is 5.75 Å². The first kappa shape index (κ1) is 21.0. The van der Waals surface area contributed by atoms with Gasteiger partial charge in [-0.05, 0) is 19.3 Å². The zero-order valence-corrected chi connectivity index (χ0v) is 13.9. The van der Waals surface area contributed by atoms with Gasteiger partial charge in [0, 0.05) is 0 Å². The molecule has 1 radical (unpaired) electrons. The minimum atomic E-state index is 0. The Labute approximate surface area is 145 Å². The summed E-state index contributed by atoms with van der Waals surface area (Å²) < 4.78 is 21.8. The summed E-state index contributed by atoms with van der Waals surface area (Å²) in [6.45, 7) is 7.52. The van der Waals surface area contributed by atoms with Crippen LogP contribution in [0, 0.1) is 0 Å². The molecule has 8 heteroatoms. The van der Waals surface area contributed by atoms with E-state index in [0.29, 0.717) is 44.8 Å². The van der Waals surface area contributed by atoms with E-state index in [1.54, 1.807) is 0 Å². The van der Waals surface area contributed by atoms with Crippen LogP contribution in [0.15, 0.2) is 6.20 Å². The van der Waals surface area contributed by atoms with E-state index < -0.39 is 0 Å². The van der Waals surface area contributed by atoms with Gasteiger partial charge in [-0.2, -0.15) is 0 Å². The molecule has 0 aliphatic heterocycles. The third-order valence-corrected chi connectivity index (χ3v) is 2.45. The molecule has 1 aromatic rings. The van der Waals surface area contributed by atoms with Crippen molar-refractivity contribution in [2.45, 2.75) is 40.0 Å². The molecule has 22 heavy (non-hydrogen) atoms. The normalized spacial score (nSPS) is 9.64. The zero-order valence-electron chi connectivity index (χ0n) is 13.9. The molecule has 0 amide bonds. The summed E-state index contributed by atoms with van der Waals surface area (Å²) in [5, 5.41) is 10.6. The fourth-order valence-electron chi connectivity index (χ4n) is 1.56. The molecule has 1 rings (SSSR count). The molecule has 0 saturated carbocycles. The maximum atomic E-state index is 10.6. The monoisotopic (exact) mass is 302 g/mol. The van der Waals surface area contributed by atoms with Gasteiger partial charge in [0.1, 0.15) is 0 Å². The van der Waals surface area contributed by atoms with Gasteiger partial charge in [-0.3, -0.25) is 0 Å². The summed E-state index contributed by atoms with van der Waals surface area (Å²) in [7, 11) is 0.317. The number of aromatic nitrogens is 1. The smallest absolute Gasteiger partial charge is 0.850 e. The number of hydrogen-bond donors (Lipinski definition) is 0.